The van der Waals surface area contributed by atoms with Gasteiger partial charge in [0.2, 0.25) is 0 Å². The third kappa shape index (κ3) is 3.54. The van der Waals surface area contributed by atoms with Crippen LogP contribution >= 0.6 is 0 Å². The minimum atomic E-state index is 0.917. The summed E-state index contributed by atoms with van der Waals surface area (Å²) in [5, 5.41) is 0. The van der Waals surface area contributed by atoms with Crippen LogP contribution in [-0.4, -0.2) is 0 Å². The van der Waals surface area contributed by atoms with E-state index in [4.69, 9.17) is 0 Å². The fraction of sp³-hybridized carbons (Fsp3) is 0.846. The van der Waals surface area contributed by atoms with Crippen molar-refractivity contribution in [2.75, 3.05) is 0 Å². The quantitative estimate of drug-likeness (QED) is 0.544. The van der Waals surface area contributed by atoms with Crippen LogP contribution < -0.4 is 0 Å². The summed E-state index contributed by atoms with van der Waals surface area (Å²) in [5.41, 5.74) is 1.62. The molecule has 0 saturated carbocycles. The van der Waals surface area contributed by atoms with Crippen LogP contribution in [0.15, 0.2) is 11.6 Å². The topological polar surface area (TPSA) is 0 Å². The molecule has 0 spiro atoms. The second-order valence-corrected chi connectivity index (χ2v) is 4.57. The second kappa shape index (κ2) is 5.47. The first-order valence-electron chi connectivity index (χ1n) is 5.93. The van der Waals surface area contributed by atoms with Crippen molar-refractivity contribution in [3.63, 3.8) is 0 Å². The smallest absolute Gasteiger partial charge is 0.0228 e. The van der Waals surface area contributed by atoms with E-state index in [9.17, 15) is 0 Å². The molecule has 0 heteroatoms. The van der Waals surface area contributed by atoms with Gasteiger partial charge in [0.15, 0.2) is 0 Å². The molecular formula is C13H24. The number of hydrogen-bond acceptors (Lipinski definition) is 0. The van der Waals surface area contributed by atoms with Crippen LogP contribution in [0.2, 0.25) is 0 Å². The standard InChI is InChI=1S/C13H24/c1-4-12(5-2)8-9-13-7-6-11(3)10-13/h10,12-13H,4-9H2,1-3H3. The highest BCUT2D eigenvalue weighted by Gasteiger charge is 2.14. The molecule has 0 fully saturated rings. The Morgan fingerprint density at radius 2 is 2.08 bits per heavy atom. The highest BCUT2D eigenvalue weighted by Crippen LogP contribution is 2.29. The fourth-order valence-electron chi connectivity index (χ4n) is 2.36. The van der Waals surface area contributed by atoms with Gasteiger partial charge in [-0.15, -0.1) is 0 Å². The maximum absolute atomic E-state index is 2.50. The van der Waals surface area contributed by atoms with Gasteiger partial charge in [-0.1, -0.05) is 38.3 Å². The highest BCUT2D eigenvalue weighted by atomic mass is 14.2. The molecule has 76 valence electrons. The van der Waals surface area contributed by atoms with Crippen molar-refractivity contribution in [1.29, 1.82) is 0 Å². The Kier molecular flexibility index (Phi) is 4.55. The third-order valence-corrected chi connectivity index (χ3v) is 3.53. The molecule has 13 heavy (non-hydrogen) atoms. The molecule has 0 aliphatic heterocycles. The molecule has 0 N–H and O–H groups in total. The minimum absolute atomic E-state index is 0.917. The molecule has 1 rings (SSSR count). The zero-order valence-corrected chi connectivity index (χ0v) is 9.47. The van der Waals surface area contributed by atoms with Crippen molar-refractivity contribution >= 4 is 0 Å². The lowest BCUT2D eigenvalue weighted by Gasteiger charge is -2.14. The average Bonchev–Trinajstić information content (AvgIpc) is 2.53. The average molecular weight is 180 g/mol. The summed E-state index contributed by atoms with van der Waals surface area (Å²) in [5.74, 6) is 1.90. The summed E-state index contributed by atoms with van der Waals surface area (Å²) in [4.78, 5) is 0. The molecule has 1 aliphatic rings. The van der Waals surface area contributed by atoms with Gasteiger partial charge < -0.3 is 0 Å². The molecule has 0 saturated heterocycles. The van der Waals surface area contributed by atoms with Gasteiger partial charge in [0.25, 0.3) is 0 Å². The maximum atomic E-state index is 2.50. The SMILES string of the molecule is CCC(CC)CCC1C=C(C)CC1. The number of rotatable bonds is 5. The lowest BCUT2D eigenvalue weighted by molar-refractivity contribution is 0.404. The van der Waals surface area contributed by atoms with E-state index in [1.165, 1.54) is 38.5 Å². The van der Waals surface area contributed by atoms with Gasteiger partial charge in [-0.2, -0.15) is 0 Å². The number of hydrogen-bond donors (Lipinski definition) is 0. The second-order valence-electron chi connectivity index (χ2n) is 4.57. The molecule has 1 unspecified atom stereocenters. The summed E-state index contributed by atoms with van der Waals surface area (Å²) in [6.07, 6.45) is 10.9. The molecule has 0 aromatic rings. The minimum Gasteiger partial charge on any atom is -0.0825 e. The van der Waals surface area contributed by atoms with Crippen LogP contribution in [0.4, 0.5) is 0 Å². The first kappa shape index (κ1) is 10.8. The van der Waals surface area contributed by atoms with Crippen LogP contribution in [0.25, 0.3) is 0 Å². The van der Waals surface area contributed by atoms with E-state index in [0.29, 0.717) is 0 Å². The molecule has 0 amide bonds. The van der Waals surface area contributed by atoms with Gasteiger partial charge in [0.1, 0.15) is 0 Å². The predicted octanol–water partition coefficient (Wildman–Crippen LogP) is 4.56. The van der Waals surface area contributed by atoms with E-state index in [1.807, 2.05) is 0 Å². The van der Waals surface area contributed by atoms with E-state index < -0.39 is 0 Å². The molecule has 0 bridgehead atoms. The fourth-order valence-corrected chi connectivity index (χ4v) is 2.36. The van der Waals surface area contributed by atoms with Crippen molar-refractivity contribution in [3.05, 3.63) is 11.6 Å². The Morgan fingerprint density at radius 1 is 1.38 bits per heavy atom. The van der Waals surface area contributed by atoms with Gasteiger partial charge in [-0.05, 0) is 44.4 Å². The van der Waals surface area contributed by atoms with Gasteiger partial charge in [-0.25, -0.2) is 0 Å². The summed E-state index contributed by atoms with van der Waals surface area (Å²) in [6, 6.07) is 0. The van der Waals surface area contributed by atoms with Gasteiger partial charge in [0, 0.05) is 0 Å². The first-order valence-corrected chi connectivity index (χ1v) is 5.93. The molecule has 1 atom stereocenters. The predicted molar refractivity (Wildman–Crippen MR) is 59.8 cm³/mol. The van der Waals surface area contributed by atoms with Crippen LogP contribution in [-0.2, 0) is 0 Å². The monoisotopic (exact) mass is 180 g/mol. The van der Waals surface area contributed by atoms with E-state index >= 15 is 0 Å². The molecule has 0 aromatic heterocycles. The zero-order chi connectivity index (χ0) is 9.68. The Bertz CT molecular complexity index is 163. The number of allylic oxidation sites excluding steroid dienone is 2. The van der Waals surface area contributed by atoms with Crippen LogP contribution in [0.5, 0.6) is 0 Å². The van der Waals surface area contributed by atoms with Crippen molar-refractivity contribution < 1.29 is 0 Å². The normalized spacial score (nSPS) is 22.5. The van der Waals surface area contributed by atoms with E-state index in [1.54, 1.807) is 5.57 Å². The molecule has 0 aromatic carbocycles. The maximum Gasteiger partial charge on any atom is -0.0228 e. The van der Waals surface area contributed by atoms with Crippen LogP contribution in [0.1, 0.15) is 59.3 Å². The summed E-state index contributed by atoms with van der Waals surface area (Å²) >= 11 is 0. The Balaban J connectivity index is 2.18. The van der Waals surface area contributed by atoms with E-state index in [2.05, 4.69) is 26.8 Å². The van der Waals surface area contributed by atoms with Gasteiger partial charge in [-0.3, -0.25) is 0 Å². The summed E-state index contributed by atoms with van der Waals surface area (Å²) in [6.45, 7) is 6.92. The molecular weight excluding hydrogens is 156 g/mol. The largest absolute Gasteiger partial charge is 0.0825 e. The lowest BCUT2D eigenvalue weighted by atomic mass is 9.92. The van der Waals surface area contributed by atoms with Crippen LogP contribution in [0, 0.1) is 11.8 Å². The third-order valence-electron chi connectivity index (χ3n) is 3.53. The van der Waals surface area contributed by atoms with Crippen molar-refractivity contribution in [2.45, 2.75) is 59.3 Å². The van der Waals surface area contributed by atoms with Crippen molar-refractivity contribution in [2.24, 2.45) is 11.8 Å². The molecule has 0 heterocycles. The van der Waals surface area contributed by atoms with Gasteiger partial charge >= 0.3 is 0 Å². The van der Waals surface area contributed by atoms with E-state index in [0.717, 1.165) is 11.8 Å². The summed E-state index contributed by atoms with van der Waals surface area (Å²) < 4.78 is 0. The molecule has 0 radical (unpaired) electrons. The van der Waals surface area contributed by atoms with Gasteiger partial charge in [0.05, 0.1) is 0 Å². The Morgan fingerprint density at radius 3 is 2.54 bits per heavy atom. The zero-order valence-electron chi connectivity index (χ0n) is 9.47. The molecule has 0 nitrogen and oxygen atoms in total. The summed E-state index contributed by atoms with van der Waals surface area (Å²) in [7, 11) is 0. The Labute approximate surface area is 83.4 Å². The Hall–Kier alpha value is -0.260. The highest BCUT2D eigenvalue weighted by molar-refractivity contribution is 5.07. The first-order chi connectivity index (χ1) is 6.26. The van der Waals surface area contributed by atoms with Crippen LogP contribution in [0.3, 0.4) is 0 Å². The molecule has 1 aliphatic carbocycles. The van der Waals surface area contributed by atoms with Crippen molar-refractivity contribution in [1.82, 2.24) is 0 Å². The lowest BCUT2D eigenvalue weighted by Crippen LogP contribution is -2.00. The van der Waals surface area contributed by atoms with Crippen molar-refractivity contribution in [3.8, 4) is 0 Å². The van der Waals surface area contributed by atoms with E-state index in [-0.39, 0.29) is 0 Å².